The number of phenols is 2. The predicted molar refractivity (Wildman–Crippen MR) is 106 cm³/mol. The zero-order valence-electron chi connectivity index (χ0n) is 15.4. The van der Waals surface area contributed by atoms with Gasteiger partial charge >= 0.3 is 0 Å². The fourth-order valence-electron chi connectivity index (χ4n) is 3.18. The number of phenolic OH excluding ortho intramolecular Hbond substituents is 2. The molecule has 7 nitrogen and oxygen atoms in total. The lowest BCUT2D eigenvalue weighted by Gasteiger charge is -2.20. The van der Waals surface area contributed by atoms with Gasteiger partial charge in [-0.2, -0.15) is 5.10 Å². The maximum Gasteiger partial charge on any atom is 0.271 e. The molecule has 4 N–H and O–H groups in total. The Labute approximate surface area is 163 Å². The van der Waals surface area contributed by atoms with Gasteiger partial charge in [-0.15, -0.1) is 0 Å². The highest BCUT2D eigenvalue weighted by Gasteiger charge is 2.21. The fraction of sp³-hybridized carbons (Fsp3) is 0.286. The van der Waals surface area contributed by atoms with Gasteiger partial charge in [0.25, 0.3) is 5.91 Å². The van der Waals surface area contributed by atoms with Crippen LogP contribution < -0.4 is 10.7 Å². The molecule has 0 bridgehead atoms. The van der Waals surface area contributed by atoms with Crippen LogP contribution in [0.5, 0.6) is 11.5 Å². The zero-order valence-corrected chi connectivity index (χ0v) is 15.4. The van der Waals surface area contributed by atoms with Crippen LogP contribution in [0.3, 0.4) is 0 Å². The molecule has 0 aliphatic heterocycles. The number of anilines is 1. The van der Waals surface area contributed by atoms with Crippen LogP contribution in [0, 0.1) is 5.92 Å². The van der Waals surface area contributed by atoms with Crippen LogP contribution in [0.4, 0.5) is 5.69 Å². The van der Waals surface area contributed by atoms with Gasteiger partial charge < -0.3 is 15.5 Å². The smallest absolute Gasteiger partial charge is 0.271 e. The van der Waals surface area contributed by atoms with Crippen molar-refractivity contribution < 1.29 is 19.8 Å². The molecule has 1 aliphatic carbocycles. The Bertz CT molecular complexity index is 872. The van der Waals surface area contributed by atoms with Crippen LogP contribution in [0.2, 0.25) is 0 Å². The zero-order chi connectivity index (χ0) is 19.9. The Morgan fingerprint density at radius 3 is 2.39 bits per heavy atom. The molecule has 0 unspecified atom stereocenters. The van der Waals surface area contributed by atoms with Crippen LogP contribution in [0.25, 0.3) is 0 Å². The van der Waals surface area contributed by atoms with Crippen molar-refractivity contribution in [2.75, 3.05) is 5.32 Å². The molecule has 28 heavy (non-hydrogen) atoms. The van der Waals surface area contributed by atoms with Crippen LogP contribution in [-0.4, -0.2) is 28.2 Å². The highest BCUT2D eigenvalue weighted by Crippen LogP contribution is 2.25. The highest BCUT2D eigenvalue weighted by atomic mass is 16.3. The first-order valence-corrected chi connectivity index (χ1v) is 9.29. The van der Waals surface area contributed by atoms with E-state index in [1.54, 1.807) is 24.3 Å². The molecule has 2 aromatic carbocycles. The summed E-state index contributed by atoms with van der Waals surface area (Å²) in [7, 11) is 0. The van der Waals surface area contributed by atoms with Gasteiger partial charge in [-0.1, -0.05) is 19.3 Å². The molecular weight excluding hydrogens is 358 g/mol. The maximum absolute atomic E-state index is 12.3. The molecule has 0 saturated heterocycles. The summed E-state index contributed by atoms with van der Waals surface area (Å²) in [5.41, 5.74) is 3.78. The van der Waals surface area contributed by atoms with Gasteiger partial charge in [0, 0.05) is 28.8 Å². The summed E-state index contributed by atoms with van der Waals surface area (Å²) in [5.74, 6) is -0.511. The van der Waals surface area contributed by atoms with Gasteiger partial charge in [-0.3, -0.25) is 9.59 Å². The van der Waals surface area contributed by atoms with E-state index < -0.39 is 5.91 Å². The van der Waals surface area contributed by atoms with E-state index >= 15 is 0 Å². The molecule has 0 atom stereocenters. The number of hydrazone groups is 1. The maximum atomic E-state index is 12.3. The van der Waals surface area contributed by atoms with Crippen molar-refractivity contribution in [1.29, 1.82) is 0 Å². The second-order valence-electron chi connectivity index (χ2n) is 6.84. The average molecular weight is 381 g/mol. The van der Waals surface area contributed by atoms with E-state index in [-0.39, 0.29) is 23.3 Å². The van der Waals surface area contributed by atoms with E-state index in [1.807, 2.05) is 0 Å². The first kappa shape index (κ1) is 19.4. The van der Waals surface area contributed by atoms with Crippen LogP contribution in [0.15, 0.2) is 47.6 Å². The third-order valence-electron chi connectivity index (χ3n) is 4.77. The Kier molecular flexibility index (Phi) is 6.26. The van der Waals surface area contributed by atoms with E-state index in [2.05, 4.69) is 15.8 Å². The molecule has 2 amide bonds. The van der Waals surface area contributed by atoms with Crippen molar-refractivity contribution in [1.82, 2.24) is 5.43 Å². The molecule has 1 aliphatic rings. The standard InChI is InChI=1S/C21H23N3O4/c25-18-11-8-16(19(26)12-18)13-22-24-21(28)15-6-9-17(10-7-15)23-20(27)14-4-2-1-3-5-14/h6-14,25-26H,1-5H2,(H,23,27)(H,24,28). The average Bonchev–Trinajstić information content (AvgIpc) is 2.70. The van der Waals surface area contributed by atoms with Crippen LogP contribution in [-0.2, 0) is 4.79 Å². The molecule has 2 aromatic rings. The molecule has 1 saturated carbocycles. The molecular formula is C21H23N3O4. The Morgan fingerprint density at radius 1 is 1.00 bits per heavy atom. The molecule has 1 fully saturated rings. The number of hydrogen-bond acceptors (Lipinski definition) is 5. The van der Waals surface area contributed by atoms with Crippen molar-refractivity contribution in [3.8, 4) is 11.5 Å². The van der Waals surface area contributed by atoms with Gasteiger partial charge in [0.1, 0.15) is 11.5 Å². The number of aromatic hydroxyl groups is 2. The number of nitrogens with zero attached hydrogens (tertiary/aromatic N) is 1. The first-order valence-electron chi connectivity index (χ1n) is 9.29. The van der Waals surface area contributed by atoms with Crippen LogP contribution >= 0.6 is 0 Å². The Hall–Kier alpha value is -3.35. The number of nitrogens with one attached hydrogen (secondary N) is 2. The Morgan fingerprint density at radius 2 is 1.71 bits per heavy atom. The molecule has 146 valence electrons. The second kappa shape index (κ2) is 9.03. The van der Waals surface area contributed by atoms with Crippen molar-refractivity contribution in [3.63, 3.8) is 0 Å². The molecule has 3 rings (SSSR count). The van der Waals surface area contributed by atoms with Gasteiger partial charge in [-0.05, 0) is 49.2 Å². The topological polar surface area (TPSA) is 111 Å². The number of rotatable bonds is 5. The van der Waals surface area contributed by atoms with Gasteiger partial charge in [-0.25, -0.2) is 5.43 Å². The molecule has 0 aromatic heterocycles. The quantitative estimate of drug-likeness (QED) is 0.470. The summed E-state index contributed by atoms with van der Waals surface area (Å²) in [4.78, 5) is 24.4. The van der Waals surface area contributed by atoms with Crippen molar-refractivity contribution in [2.45, 2.75) is 32.1 Å². The minimum absolute atomic E-state index is 0.0372. The van der Waals surface area contributed by atoms with Crippen molar-refractivity contribution in [3.05, 3.63) is 53.6 Å². The van der Waals surface area contributed by atoms with E-state index in [0.29, 0.717) is 16.8 Å². The predicted octanol–water partition coefficient (Wildman–Crippen LogP) is 3.38. The van der Waals surface area contributed by atoms with Crippen molar-refractivity contribution >= 4 is 23.7 Å². The number of carbonyl (C=O) groups is 2. The monoisotopic (exact) mass is 381 g/mol. The number of amides is 2. The van der Waals surface area contributed by atoms with E-state index in [1.165, 1.54) is 30.8 Å². The molecule has 7 heteroatoms. The van der Waals surface area contributed by atoms with Crippen molar-refractivity contribution in [2.24, 2.45) is 11.0 Å². The Balaban J connectivity index is 1.54. The van der Waals surface area contributed by atoms with Crippen LogP contribution in [0.1, 0.15) is 48.0 Å². The summed E-state index contributed by atoms with van der Waals surface area (Å²) in [6.45, 7) is 0. The number of benzene rings is 2. The highest BCUT2D eigenvalue weighted by molar-refractivity contribution is 5.96. The first-order chi connectivity index (χ1) is 13.5. The van der Waals surface area contributed by atoms with Gasteiger partial charge in [0.2, 0.25) is 5.91 Å². The SMILES string of the molecule is O=C(NN=Cc1ccc(O)cc1O)c1ccc(NC(=O)C2CCCCC2)cc1. The van der Waals surface area contributed by atoms with Gasteiger partial charge in [0.15, 0.2) is 0 Å². The molecule has 0 radical (unpaired) electrons. The summed E-state index contributed by atoms with van der Waals surface area (Å²) in [6.07, 6.45) is 6.54. The van der Waals surface area contributed by atoms with E-state index in [0.717, 1.165) is 25.7 Å². The van der Waals surface area contributed by atoms with E-state index in [9.17, 15) is 19.8 Å². The normalized spacial score (nSPS) is 14.7. The van der Waals surface area contributed by atoms with E-state index in [4.69, 9.17) is 0 Å². The summed E-state index contributed by atoms with van der Waals surface area (Å²) >= 11 is 0. The fourth-order valence-corrected chi connectivity index (χ4v) is 3.18. The third-order valence-corrected chi connectivity index (χ3v) is 4.77. The lowest BCUT2D eigenvalue weighted by molar-refractivity contribution is -0.120. The largest absolute Gasteiger partial charge is 0.508 e. The summed E-state index contributed by atoms with van der Waals surface area (Å²) in [6, 6.07) is 10.7. The minimum Gasteiger partial charge on any atom is -0.508 e. The minimum atomic E-state index is -0.417. The number of hydrogen-bond donors (Lipinski definition) is 4. The lowest BCUT2D eigenvalue weighted by Crippen LogP contribution is -2.24. The molecule has 0 heterocycles. The summed E-state index contributed by atoms with van der Waals surface area (Å²) < 4.78 is 0. The summed E-state index contributed by atoms with van der Waals surface area (Å²) in [5, 5.41) is 25.6. The second-order valence-corrected chi connectivity index (χ2v) is 6.84. The number of carbonyl (C=O) groups excluding carboxylic acids is 2. The van der Waals surface area contributed by atoms with Gasteiger partial charge in [0.05, 0.1) is 6.21 Å². The molecule has 0 spiro atoms. The lowest BCUT2D eigenvalue weighted by atomic mass is 9.88. The third kappa shape index (κ3) is 5.09.